The van der Waals surface area contributed by atoms with E-state index in [1.165, 1.54) is 0 Å². The van der Waals surface area contributed by atoms with Crippen molar-refractivity contribution >= 4 is 92.2 Å². The molecule has 13 heavy (non-hydrogen) atoms. The molecule has 0 rings (SSSR count). The molecule has 0 aromatic carbocycles. The molecule has 0 fully saturated rings. The molecule has 0 aliphatic carbocycles. The van der Waals surface area contributed by atoms with Crippen molar-refractivity contribution < 1.29 is 41.4 Å². The number of hydrogen-bond acceptors (Lipinski definition) is 2. The van der Waals surface area contributed by atoms with Gasteiger partial charge in [0.2, 0.25) is 0 Å². The van der Waals surface area contributed by atoms with Gasteiger partial charge in [-0.25, -0.2) is 0 Å². The van der Waals surface area contributed by atoms with Crippen LogP contribution >= 0.6 is 0 Å². The fourth-order valence-corrected chi connectivity index (χ4v) is 0. The molecule has 0 heterocycles. The summed E-state index contributed by atoms with van der Waals surface area (Å²) < 4.78 is 0. The molecule has 0 saturated heterocycles. The van der Waals surface area contributed by atoms with Gasteiger partial charge in [0.1, 0.15) is 0 Å². The van der Waals surface area contributed by atoms with Crippen molar-refractivity contribution in [3.05, 3.63) is 0 Å². The SMILES string of the molecule is C.C.C.O.O.O.O.[H-].[H-].[H-].[H-].[HH].[HH].[Mg+2].[Mg+2].[Mg+2].[Mg+2].[OH-].[OH-]. The fraction of sp³-hybridized carbons (Fsp3) is 1.00. The van der Waals surface area contributed by atoms with Crippen LogP contribution in [0.2, 0.25) is 0 Å². The molecule has 0 bridgehead atoms. The minimum absolute atomic E-state index is 0. The Kier molecular flexibility index (Phi) is 11900. The van der Waals surface area contributed by atoms with Gasteiger partial charge in [-0.1, -0.05) is 22.3 Å². The summed E-state index contributed by atoms with van der Waals surface area (Å²) in [5.74, 6) is 0. The zero-order chi connectivity index (χ0) is 0. The van der Waals surface area contributed by atoms with Crippen LogP contribution in [0.3, 0.4) is 0 Å². The Labute approximate surface area is 154 Å². The summed E-state index contributed by atoms with van der Waals surface area (Å²) in [5, 5.41) is 0. The minimum atomic E-state index is 0. The van der Waals surface area contributed by atoms with Crippen LogP contribution in [-0.4, -0.2) is 125 Å². The Hall–Kier alpha value is 2.82. The van der Waals surface area contributed by atoms with Crippen molar-refractivity contribution in [3.8, 4) is 0 Å². The molecule has 10 N–H and O–H groups in total. The first kappa shape index (κ1) is 436. The Morgan fingerprint density at radius 3 is 0.462 bits per heavy atom. The first-order valence-electron chi connectivity index (χ1n) is 0. The first-order valence-corrected chi connectivity index (χ1v) is 0. The number of hydrogen-bond donors (Lipinski definition) is 0. The van der Waals surface area contributed by atoms with Crippen molar-refractivity contribution in [3.63, 3.8) is 0 Å². The van der Waals surface area contributed by atoms with E-state index in [9.17, 15) is 0 Å². The molecule has 0 aromatic heterocycles. The third kappa shape index (κ3) is 306. The van der Waals surface area contributed by atoms with Gasteiger partial charge in [0.05, 0.1) is 0 Å². The zero-order valence-electron chi connectivity index (χ0n) is 9.72. The maximum atomic E-state index is 0. The maximum absolute atomic E-state index is 0. The molecule has 10 heteroatoms. The molecule has 0 unspecified atom stereocenters. The van der Waals surface area contributed by atoms with Crippen molar-refractivity contribution in [2.75, 3.05) is 0 Å². The van der Waals surface area contributed by atoms with E-state index in [0.29, 0.717) is 0 Å². The molecule has 0 amide bonds. The smallest absolute Gasteiger partial charge is 1.00 e. The van der Waals surface area contributed by atoms with Crippen LogP contribution in [0.4, 0.5) is 0 Å². The van der Waals surface area contributed by atoms with Crippen LogP contribution in [0, 0.1) is 0 Å². The zero-order valence-corrected chi connectivity index (χ0v) is 11.4. The standard InChI is InChI=1S/3CH4.4Mg.6H2O.2H2.4H/h3*1H4;;;;;6*1H2;2*1H;;;;/q;;;4*+2;;;;;;;;;4*-1/p-2. The quantitative estimate of drug-likeness (QED) is 0.442. The Bertz CT molecular complexity index is 36.9. The molecular weight excluding hydrogens is 229 g/mol. The average Bonchev–Trinajstić information content (AvgIpc) is 0. The summed E-state index contributed by atoms with van der Waals surface area (Å²) in [6.45, 7) is 0. The summed E-state index contributed by atoms with van der Waals surface area (Å²) in [4.78, 5) is 0. The molecule has 0 radical (unpaired) electrons. The summed E-state index contributed by atoms with van der Waals surface area (Å²) >= 11 is 0. The molecule has 0 aromatic rings. The van der Waals surface area contributed by atoms with Gasteiger partial charge < -0.3 is 38.6 Å². The monoisotopic (exact) mass is 258 g/mol. The van der Waals surface area contributed by atoms with E-state index in [1.807, 2.05) is 0 Å². The molecule has 0 spiro atoms. The Morgan fingerprint density at radius 2 is 0.462 bits per heavy atom. The molecule has 0 aliphatic rings. The third-order valence-corrected chi connectivity index (χ3v) is 0. The van der Waals surface area contributed by atoms with E-state index in [0.717, 1.165) is 0 Å². The van der Waals surface area contributed by atoms with Gasteiger partial charge in [-0.2, -0.15) is 0 Å². The van der Waals surface area contributed by atoms with Crippen LogP contribution in [0.5, 0.6) is 0 Å². The predicted octanol–water partition coefficient (Wildman–Crippen LogP) is -2.33. The molecule has 84 valence electrons. The molecular formula is C3H30Mg4O6+2. The van der Waals surface area contributed by atoms with Crippen LogP contribution < -0.4 is 0 Å². The Morgan fingerprint density at radius 1 is 0.462 bits per heavy atom. The van der Waals surface area contributed by atoms with Crippen molar-refractivity contribution in [2.45, 2.75) is 22.3 Å². The van der Waals surface area contributed by atoms with Crippen LogP contribution in [0.25, 0.3) is 0 Å². The van der Waals surface area contributed by atoms with Gasteiger partial charge in [0.15, 0.2) is 0 Å². The van der Waals surface area contributed by atoms with E-state index in [-0.39, 0.29) is 156 Å². The number of rotatable bonds is 0. The summed E-state index contributed by atoms with van der Waals surface area (Å²) in [6, 6.07) is 0. The normalized spacial score (nSPS) is 0. The van der Waals surface area contributed by atoms with E-state index in [1.54, 1.807) is 0 Å². The summed E-state index contributed by atoms with van der Waals surface area (Å²) in [6.07, 6.45) is 0. The van der Waals surface area contributed by atoms with Crippen LogP contribution in [0.15, 0.2) is 0 Å². The van der Waals surface area contributed by atoms with Gasteiger partial charge in [0, 0.05) is 2.85 Å². The molecule has 0 atom stereocenters. The minimum Gasteiger partial charge on any atom is -1.00 e. The molecule has 6 nitrogen and oxygen atoms in total. The summed E-state index contributed by atoms with van der Waals surface area (Å²) in [7, 11) is 0. The maximum Gasteiger partial charge on any atom is 2.00 e. The van der Waals surface area contributed by atoms with E-state index >= 15 is 0 Å². The molecule has 0 aliphatic heterocycles. The second kappa shape index (κ2) is 355. The second-order valence-electron chi connectivity index (χ2n) is 0. The predicted molar refractivity (Wildman–Crippen MR) is 70.2 cm³/mol. The van der Waals surface area contributed by atoms with E-state index in [2.05, 4.69) is 0 Å². The van der Waals surface area contributed by atoms with Crippen molar-refractivity contribution in [2.24, 2.45) is 0 Å². The largest absolute Gasteiger partial charge is 2.00 e. The van der Waals surface area contributed by atoms with Crippen LogP contribution in [-0.2, 0) is 0 Å². The topological polar surface area (TPSA) is 186 Å². The van der Waals surface area contributed by atoms with Crippen molar-refractivity contribution in [1.82, 2.24) is 0 Å². The average molecular weight is 259 g/mol. The first-order chi connectivity index (χ1) is 0. The van der Waals surface area contributed by atoms with Gasteiger partial charge in [-0.15, -0.1) is 0 Å². The van der Waals surface area contributed by atoms with E-state index in [4.69, 9.17) is 0 Å². The van der Waals surface area contributed by atoms with Crippen molar-refractivity contribution in [1.29, 1.82) is 0 Å². The summed E-state index contributed by atoms with van der Waals surface area (Å²) in [5.41, 5.74) is 0. The Balaban J connectivity index is 0. The van der Waals surface area contributed by atoms with Crippen LogP contribution in [0.1, 0.15) is 30.8 Å². The van der Waals surface area contributed by atoms with Gasteiger partial charge >= 0.3 is 92.2 Å². The van der Waals surface area contributed by atoms with Gasteiger partial charge in [0.25, 0.3) is 0 Å². The van der Waals surface area contributed by atoms with Gasteiger partial charge in [-0.05, 0) is 0 Å². The molecule has 0 saturated carbocycles. The van der Waals surface area contributed by atoms with E-state index < -0.39 is 0 Å². The van der Waals surface area contributed by atoms with Gasteiger partial charge in [-0.3, -0.25) is 0 Å². The third-order valence-electron chi connectivity index (χ3n) is 0. The second-order valence-corrected chi connectivity index (χ2v) is 0. The fourth-order valence-electron chi connectivity index (χ4n) is 0.